The summed E-state index contributed by atoms with van der Waals surface area (Å²) in [6, 6.07) is 0. The van der Waals surface area contributed by atoms with Gasteiger partial charge >= 0.3 is 5.97 Å². The first-order valence-electron chi connectivity index (χ1n) is 5.49. The minimum atomic E-state index is -0.788. The molecule has 0 aromatic carbocycles. The van der Waals surface area contributed by atoms with Gasteiger partial charge in [0.1, 0.15) is 0 Å². The molecular weight excluding hydrogens is 260 g/mol. The quantitative estimate of drug-likeness (QED) is 0.880. The highest BCUT2D eigenvalue weighted by molar-refractivity contribution is 8.06. The van der Waals surface area contributed by atoms with E-state index < -0.39 is 5.97 Å². The summed E-state index contributed by atoms with van der Waals surface area (Å²) in [5.41, 5.74) is 0. The molecule has 1 fully saturated rings. The van der Waals surface area contributed by atoms with Gasteiger partial charge in [-0.25, -0.2) is 0 Å². The molecular formula is C10H14N2O3S2. The Balaban J connectivity index is 1.84. The largest absolute Gasteiger partial charge is 0.481 e. The molecule has 0 saturated carbocycles. The maximum absolute atomic E-state index is 10.4. The SMILES string of the molecule is O=C(O)CCCc1nc(C2CSCCS2)no1. The van der Waals surface area contributed by atoms with E-state index in [0.29, 0.717) is 24.0 Å². The minimum absolute atomic E-state index is 0.145. The van der Waals surface area contributed by atoms with Crippen LogP contribution in [0, 0.1) is 0 Å². The number of carboxylic acids is 1. The van der Waals surface area contributed by atoms with Crippen LogP contribution >= 0.6 is 23.5 Å². The molecule has 1 aliphatic rings. The zero-order valence-corrected chi connectivity index (χ0v) is 10.9. The minimum Gasteiger partial charge on any atom is -0.481 e. The normalized spacial score (nSPS) is 20.4. The molecule has 5 nitrogen and oxygen atoms in total. The highest BCUT2D eigenvalue weighted by Gasteiger charge is 2.21. The summed E-state index contributed by atoms with van der Waals surface area (Å²) in [5.74, 6) is 3.86. The highest BCUT2D eigenvalue weighted by atomic mass is 32.2. The van der Waals surface area contributed by atoms with Crippen LogP contribution in [0.3, 0.4) is 0 Å². The number of aliphatic carboxylic acids is 1. The van der Waals surface area contributed by atoms with Crippen molar-refractivity contribution in [3.8, 4) is 0 Å². The van der Waals surface area contributed by atoms with Gasteiger partial charge in [0.2, 0.25) is 5.89 Å². The molecule has 17 heavy (non-hydrogen) atoms. The van der Waals surface area contributed by atoms with E-state index >= 15 is 0 Å². The molecule has 0 aliphatic carbocycles. The molecule has 94 valence electrons. The smallest absolute Gasteiger partial charge is 0.303 e. The highest BCUT2D eigenvalue weighted by Crippen LogP contribution is 2.35. The Kier molecular flexibility index (Phi) is 4.73. The Bertz CT molecular complexity index is 377. The molecule has 1 atom stereocenters. The lowest BCUT2D eigenvalue weighted by atomic mass is 10.2. The van der Waals surface area contributed by atoms with Crippen LogP contribution in [0.4, 0.5) is 0 Å². The third-order valence-corrected chi connectivity index (χ3v) is 5.12. The van der Waals surface area contributed by atoms with Crippen molar-refractivity contribution < 1.29 is 14.4 Å². The Morgan fingerprint density at radius 2 is 2.41 bits per heavy atom. The molecule has 0 radical (unpaired) electrons. The zero-order chi connectivity index (χ0) is 12.1. The van der Waals surface area contributed by atoms with Gasteiger partial charge < -0.3 is 9.63 Å². The zero-order valence-electron chi connectivity index (χ0n) is 9.29. The number of nitrogens with zero attached hydrogens (tertiary/aromatic N) is 2. The average molecular weight is 274 g/mol. The number of carboxylic acid groups (broad SMARTS) is 1. The van der Waals surface area contributed by atoms with E-state index in [0.717, 1.165) is 17.3 Å². The summed E-state index contributed by atoms with van der Waals surface area (Å²) in [5, 5.41) is 12.8. The fourth-order valence-corrected chi connectivity index (χ4v) is 4.12. The van der Waals surface area contributed by atoms with Crippen molar-refractivity contribution in [2.75, 3.05) is 17.3 Å². The van der Waals surface area contributed by atoms with Crippen molar-refractivity contribution >= 4 is 29.5 Å². The van der Waals surface area contributed by atoms with Crippen molar-refractivity contribution in [1.29, 1.82) is 0 Å². The summed E-state index contributed by atoms with van der Waals surface area (Å²) < 4.78 is 5.12. The number of rotatable bonds is 5. The number of carbonyl (C=O) groups is 1. The molecule has 2 rings (SSSR count). The van der Waals surface area contributed by atoms with E-state index in [-0.39, 0.29) is 6.42 Å². The second-order valence-corrected chi connectivity index (χ2v) is 6.19. The Hall–Kier alpha value is -0.690. The van der Waals surface area contributed by atoms with Crippen LogP contribution < -0.4 is 0 Å². The van der Waals surface area contributed by atoms with Gasteiger partial charge in [-0.3, -0.25) is 4.79 Å². The first-order chi connectivity index (χ1) is 8.25. The summed E-state index contributed by atoms with van der Waals surface area (Å²) in [7, 11) is 0. The summed E-state index contributed by atoms with van der Waals surface area (Å²) in [6.07, 6.45) is 1.24. The second-order valence-electron chi connectivity index (χ2n) is 3.73. The van der Waals surface area contributed by atoms with Gasteiger partial charge in [-0.05, 0) is 6.42 Å². The van der Waals surface area contributed by atoms with E-state index in [1.807, 2.05) is 23.5 Å². The summed E-state index contributed by atoms with van der Waals surface area (Å²) in [6.45, 7) is 0. The third-order valence-electron chi connectivity index (χ3n) is 2.37. The van der Waals surface area contributed by atoms with Gasteiger partial charge in [0.25, 0.3) is 0 Å². The fourth-order valence-electron chi connectivity index (χ4n) is 1.53. The van der Waals surface area contributed by atoms with Crippen molar-refractivity contribution in [3.63, 3.8) is 0 Å². The lowest BCUT2D eigenvalue weighted by Gasteiger charge is -2.16. The maximum atomic E-state index is 10.4. The van der Waals surface area contributed by atoms with Gasteiger partial charge in [0.15, 0.2) is 5.82 Å². The predicted octanol–water partition coefficient (Wildman–Crippen LogP) is 2.00. The van der Waals surface area contributed by atoms with Crippen LogP contribution in [0.1, 0.15) is 29.8 Å². The van der Waals surface area contributed by atoms with Crippen LogP contribution in [0.5, 0.6) is 0 Å². The van der Waals surface area contributed by atoms with E-state index in [4.69, 9.17) is 9.63 Å². The van der Waals surface area contributed by atoms with Crippen molar-refractivity contribution in [3.05, 3.63) is 11.7 Å². The van der Waals surface area contributed by atoms with Gasteiger partial charge in [0, 0.05) is 30.1 Å². The first-order valence-corrected chi connectivity index (χ1v) is 7.69. The molecule has 1 saturated heterocycles. The predicted molar refractivity (Wildman–Crippen MR) is 67.4 cm³/mol. The van der Waals surface area contributed by atoms with E-state index in [1.165, 1.54) is 5.75 Å². The number of hydrogen-bond acceptors (Lipinski definition) is 6. The lowest BCUT2D eigenvalue weighted by Crippen LogP contribution is -2.08. The van der Waals surface area contributed by atoms with Crippen LogP contribution in [0.15, 0.2) is 4.52 Å². The van der Waals surface area contributed by atoms with E-state index in [1.54, 1.807) is 0 Å². The average Bonchev–Trinajstić information content (AvgIpc) is 2.78. The Morgan fingerprint density at radius 3 is 3.12 bits per heavy atom. The molecule has 1 aromatic rings. The molecule has 0 spiro atoms. The number of aromatic nitrogens is 2. The van der Waals surface area contributed by atoms with Crippen LogP contribution in [-0.2, 0) is 11.2 Å². The molecule has 1 aromatic heterocycles. The Morgan fingerprint density at radius 1 is 1.53 bits per heavy atom. The molecule has 7 heteroatoms. The number of aryl methyl sites for hydroxylation is 1. The van der Waals surface area contributed by atoms with Crippen molar-refractivity contribution in [1.82, 2.24) is 10.1 Å². The lowest BCUT2D eigenvalue weighted by molar-refractivity contribution is -0.137. The van der Waals surface area contributed by atoms with Crippen LogP contribution in [0.2, 0.25) is 0 Å². The maximum Gasteiger partial charge on any atom is 0.303 e. The van der Waals surface area contributed by atoms with Gasteiger partial charge in [0.05, 0.1) is 5.25 Å². The van der Waals surface area contributed by atoms with Crippen LogP contribution in [0.25, 0.3) is 0 Å². The summed E-state index contributed by atoms with van der Waals surface area (Å²) >= 11 is 3.77. The standard InChI is InChI=1S/C10H14N2O3S2/c13-9(14)3-1-2-8-11-10(12-15-8)7-6-16-4-5-17-7/h7H,1-6H2,(H,13,14). The fraction of sp³-hybridized carbons (Fsp3) is 0.700. The summed E-state index contributed by atoms with van der Waals surface area (Å²) in [4.78, 5) is 14.7. The number of thioether (sulfide) groups is 2. The number of hydrogen-bond donors (Lipinski definition) is 1. The first kappa shape index (κ1) is 12.8. The molecule has 0 amide bonds. The Labute approximate surface area is 108 Å². The van der Waals surface area contributed by atoms with E-state index in [2.05, 4.69) is 10.1 Å². The van der Waals surface area contributed by atoms with Crippen molar-refractivity contribution in [2.24, 2.45) is 0 Å². The van der Waals surface area contributed by atoms with Gasteiger partial charge in [-0.15, -0.1) is 11.8 Å². The van der Waals surface area contributed by atoms with Gasteiger partial charge in [-0.1, -0.05) is 5.16 Å². The molecule has 1 aliphatic heterocycles. The third kappa shape index (κ3) is 3.92. The molecule has 2 heterocycles. The van der Waals surface area contributed by atoms with Crippen LogP contribution in [-0.4, -0.2) is 38.5 Å². The molecule has 1 unspecified atom stereocenters. The molecule has 0 bridgehead atoms. The monoisotopic (exact) mass is 274 g/mol. The topological polar surface area (TPSA) is 76.2 Å². The second kappa shape index (κ2) is 6.30. The molecule has 1 N–H and O–H groups in total. The van der Waals surface area contributed by atoms with E-state index in [9.17, 15) is 4.79 Å². The van der Waals surface area contributed by atoms with Crippen molar-refractivity contribution in [2.45, 2.75) is 24.5 Å². The van der Waals surface area contributed by atoms with Gasteiger partial charge in [-0.2, -0.15) is 16.7 Å².